The maximum absolute atomic E-state index is 6.26. The molecule has 5 heteroatoms. The van der Waals surface area contributed by atoms with Crippen LogP contribution in [0.2, 0.25) is 5.02 Å². The van der Waals surface area contributed by atoms with E-state index in [1.165, 1.54) is 73.1 Å². The van der Waals surface area contributed by atoms with E-state index in [9.17, 15) is 0 Å². The molecule has 0 N–H and O–H groups in total. The van der Waals surface area contributed by atoms with Crippen molar-refractivity contribution in [2.45, 2.75) is 33.1 Å². The van der Waals surface area contributed by atoms with Crippen molar-refractivity contribution in [2.24, 2.45) is 5.92 Å². The zero-order chi connectivity index (χ0) is 26.4. The van der Waals surface area contributed by atoms with Crippen molar-refractivity contribution in [2.75, 3.05) is 0 Å². The molecule has 0 saturated heterocycles. The third-order valence-electron chi connectivity index (χ3n) is 6.89. The predicted molar refractivity (Wildman–Crippen MR) is 185 cm³/mol. The van der Waals surface area contributed by atoms with E-state index in [1.54, 1.807) is 0 Å². The Bertz CT molecular complexity index is 1460. The fraction of sp³-hybridized carbons (Fsp3) is 0.167. The van der Waals surface area contributed by atoms with Gasteiger partial charge < -0.3 is 14.9 Å². The molecule has 0 bridgehead atoms. The van der Waals surface area contributed by atoms with E-state index in [0.717, 1.165) is 11.4 Å². The molecule has 1 unspecified atom stereocenters. The van der Waals surface area contributed by atoms with Gasteiger partial charge in [-0.05, 0) is 17.0 Å². The van der Waals surface area contributed by atoms with Crippen LogP contribution in [0, 0.1) is 27.2 Å². The molecule has 0 aromatic heterocycles. The molecule has 0 aliphatic heterocycles. The zero-order valence-electron chi connectivity index (χ0n) is 24.4. The first-order valence-electron chi connectivity index (χ1n) is 12.7. The van der Waals surface area contributed by atoms with E-state index in [4.69, 9.17) is 11.6 Å². The number of benzene rings is 4. The number of halogens is 3. The molecule has 41 heavy (non-hydrogen) atoms. The Hall–Kier alpha value is -1.67. The molecule has 1 atom stereocenters. The first-order valence-corrected chi connectivity index (χ1v) is 17.3. The SMILES string of the molecule is CC(C)c1cc2c(-c3ccccc3)cccc2[cH-]1.CC1[CH-]c2c(Cl)ccc(-c3ccccc3)c2C1.Cl.Cl.[CH3-].[CH3-].[Si]=[Zr]. The van der Waals surface area contributed by atoms with Gasteiger partial charge in [-0.2, -0.15) is 29.7 Å². The van der Waals surface area contributed by atoms with Gasteiger partial charge in [0.1, 0.15) is 0 Å². The fourth-order valence-corrected chi connectivity index (χ4v) is 5.29. The van der Waals surface area contributed by atoms with Crippen LogP contribution >= 0.6 is 36.4 Å². The van der Waals surface area contributed by atoms with Gasteiger partial charge in [-0.15, -0.1) is 64.9 Å². The average Bonchev–Trinajstić information content (AvgIpc) is 3.56. The minimum absolute atomic E-state index is 0. The molecule has 1 aliphatic rings. The first-order chi connectivity index (χ1) is 18.0. The topological polar surface area (TPSA) is 0 Å². The molecule has 5 aromatic rings. The van der Waals surface area contributed by atoms with Gasteiger partial charge in [0.05, 0.1) is 0 Å². The summed E-state index contributed by atoms with van der Waals surface area (Å²) < 4.78 is 0. The summed E-state index contributed by atoms with van der Waals surface area (Å²) in [6.45, 7) is 9.80. The van der Waals surface area contributed by atoms with Crippen molar-refractivity contribution in [3.05, 3.63) is 146 Å². The monoisotopic (exact) mass is 694 g/mol. The number of fused-ring (bicyclic) bond motifs is 2. The fourth-order valence-electron chi connectivity index (χ4n) is 5.05. The molecule has 0 spiro atoms. The Morgan fingerprint density at radius 2 is 1.34 bits per heavy atom. The summed E-state index contributed by atoms with van der Waals surface area (Å²) in [5.41, 5.74) is 9.29. The van der Waals surface area contributed by atoms with Gasteiger partial charge in [0, 0.05) is 0 Å². The first kappa shape index (κ1) is 39.3. The second kappa shape index (κ2) is 18.8. The van der Waals surface area contributed by atoms with Crippen LogP contribution in [0.3, 0.4) is 0 Å². The number of rotatable bonds is 3. The molecule has 0 saturated carbocycles. The van der Waals surface area contributed by atoms with Crippen LogP contribution in [0.25, 0.3) is 33.0 Å². The number of hydrogen-bond acceptors (Lipinski definition) is 0. The molecule has 0 fully saturated rings. The Balaban J connectivity index is 0.000000675. The number of hydrogen-bond donors (Lipinski definition) is 0. The molecular weight excluding hydrogens is 658 g/mol. The Morgan fingerprint density at radius 3 is 1.90 bits per heavy atom. The van der Waals surface area contributed by atoms with Crippen molar-refractivity contribution < 1.29 is 23.3 Å². The van der Waals surface area contributed by atoms with E-state index in [0.29, 0.717) is 11.8 Å². The van der Waals surface area contributed by atoms with Crippen LogP contribution in [0.4, 0.5) is 0 Å². The molecule has 0 amide bonds. The molecule has 2 radical (unpaired) electrons. The second-order valence-electron chi connectivity index (χ2n) is 9.82. The van der Waals surface area contributed by atoms with Gasteiger partial charge in [-0.1, -0.05) is 128 Å². The minimum atomic E-state index is 0. The Kier molecular flexibility index (Phi) is 18.0. The van der Waals surface area contributed by atoms with Crippen LogP contribution in [0.1, 0.15) is 43.4 Å². The summed E-state index contributed by atoms with van der Waals surface area (Å²) in [5, 5.41) is 3.59. The normalized spacial score (nSPS) is 12.3. The van der Waals surface area contributed by atoms with Crippen molar-refractivity contribution in [3.63, 3.8) is 0 Å². The van der Waals surface area contributed by atoms with E-state index in [2.05, 4.69) is 125 Å². The summed E-state index contributed by atoms with van der Waals surface area (Å²) in [4.78, 5) is 0. The average molecular weight is 697 g/mol. The third-order valence-corrected chi connectivity index (χ3v) is 7.22. The summed E-state index contributed by atoms with van der Waals surface area (Å²) in [5.74, 6) is 1.17. The van der Waals surface area contributed by atoms with Crippen molar-refractivity contribution in [1.82, 2.24) is 0 Å². The van der Waals surface area contributed by atoms with Gasteiger partial charge in [0.15, 0.2) is 0 Å². The zero-order valence-corrected chi connectivity index (χ0v) is 30.3. The van der Waals surface area contributed by atoms with Gasteiger partial charge in [0.2, 0.25) is 0 Å². The molecule has 0 nitrogen and oxygen atoms in total. The molecule has 5 aromatic carbocycles. The summed E-state index contributed by atoms with van der Waals surface area (Å²) in [7, 11) is 0. The van der Waals surface area contributed by atoms with Gasteiger partial charge in [0.25, 0.3) is 0 Å². The van der Waals surface area contributed by atoms with Crippen LogP contribution in [0.5, 0.6) is 0 Å². The summed E-state index contributed by atoms with van der Waals surface area (Å²) in [6, 6.07) is 36.5. The van der Waals surface area contributed by atoms with E-state index >= 15 is 0 Å². The van der Waals surface area contributed by atoms with Crippen LogP contribution < -0.4 is 0 Å². The van der Waals surface area contributed by atoms with Crippen LogP contribution in [0.15, 0.2) is 103 Å². The van der Waals surface area contributed by atoms with Gasteiger partial charge in [-0.25, -0.2) is 0 Å². The van der Waals surface area contributed by atoms with E-state index in [1.807, 2.05) is 12.1 Å². The second-order valence-corrected chi connectivity index (χ2v) is 10.2. The summed E-state index contributed by atoms with van der Waals surface area (Å²) in [6.07, 6.45) is 3.38. The maximum atomic E-state index is 6.26. The molecule has 1 aliphatic carbocycles. The molecule has 0 heterocycles. The Labute approximate surface area is 282 Å². The molecule has 216 valence electrons. The van der Waals surface area contributed by atoms with Gasteiger partial charge >= 0.3 is 30.2 Å². The standard InChI is InChI=1S/C18H17.C16H14Cl.2CH3.2ClH.Si.Zr/c1-13(2)16-11-15-9-6-10-17(18(15)12-16)14-7-4-3-5-8-14;1-11-9-14-13(12-5-3-2-4-6-12)7-8-16(17)15(14)10-11;;;;;;/h3-13H,1-2H3;2-8,10-11H,9H2,1H3;2*1H3;2*1H;;/q4*-1;;;;. The quantitative estimate of drug-likeness (QED) is 0.130. The summed E-state index contributed by atoms with van der Waals surface area (Å²) >= 11 is 7.62. The van der Waals surface area contributed by atoms with Crippen molar-refractivity contribution >= 4 is 54.1 Å². The van der Waals surface area contributed by atoms with E-state index in [-0.39, 0.29) is 39.7 Å². The van der Waals surface area contributed by atoms with Crippen molar-refractivity contribution in [1.29, 1.82) is 0 Å². The molecular formula is C36H39Cl3SiZr-4. The van der Waals surface area contributed by atoms with Crippen molar-refractivity contribution in [3.8, 4) is 22.3 Å². The van der Waals surface area contributed by atoms with Crippen LogP contribution in [-0.2, 0) is 29.8 Å². The van der Waals surface area contributed by atoms with Crippen LogP contribution in [-0.4, -0.2) is 6.88 Å². The van der Waals surface area contributed by atoms with E-state index < -0.39 is 0 Å². The van der Waals surface area contributed by atoms with Gasteiger partial charge in [-0.3, -0.25) is 0 Å². The molecule has 6 rings (SSSR count). The Morgan fingerprint density at radius 1 is 0.780 bits per heavy atom. The third kappa shape index (κ3) is 9.41. The predicted octanol–water partition coefficient (Wildman–Crippen LogP) is 11.5.